The topological polar surface area (TPSA) is 88.2 Å². The van der Waals surface area contributed by atoms with E-state index >= 15 is 0 Å². The van der Waals surface area contributed by atoms with Gasteiger partial charge in [0.05, 0.1) is 18.2 Å². The summed E-state index contributed by atoms with van der Waals surface area (Å²) in [6.07, 6.45) is 1.42. The third kappa shape index (κ3) is 3.20. The summed E-state index contributed by atoms with van der Waals surface area (Å²) in [5.74, 6) is 0.419. The second kappa shape index (κ2) is 5.46. The van der Waals surface area contributed by atoms with Crippen molar-refractivity contribution in [1.29, 1.82) is 0 Å². The van der Waals surface area contributed by atoms with Gasteiger partial charge >= 0.3 is 0 Å². The van der Waals surface area contributed by atoms with Crippen molar-refractivity contribution in [2.45, 2.75) is 19.9 Å². The van der Waals surface area contributed by atoms with Gasteiger partial charge in [0.25, 0.3) is 0 Å². The van der Waals surface area contributed by atoms with Crippen LogP contribution in [0.4, 0.5) is 5.82 Å². The second-order valence-corrected chi connectivity index (χ2v) is 3.97. The SMILES string of the molecule is CC(C)[C@@H](CO)Nc1ccc(C(N)=O)cn1. The number of amides is 1. The van der Waals surface area contributed by atoms with Crippen LogP contribution in [0.3, 0.4) is 0 Å². The maximum absolute atomic E-state index is 10.8. The molecule has 5 nitrogen and oxygen atoms in total. The van der Waals surface area contributed by atoms with Crippen molar-refractivity contribution in [3.8, 4) is 0 Å². The highest BCUT2D eigenvalue weighted by Crippen LogP contribution is 2.10. The van der Waals surface area contributed by atoms with E-state index in [4.69, 9.17) is 10.8 Å². The third-order valence-electron chi connectivity index (χ3n) is 2.38. The quantitative estimate of drug-likeness (QED) is 0.682. The Morgan fingerprint density at radius 2 is 2.25 bits per heavy atom. The van der Waals surface area contributed by atoms with E-state index in [2.05, 4.69) is 10.3 Å². The van der Waals surface area contributed by atoms with Crippen LogP contribution in [0.5, 0.6) is 0 Å². The summed E-state index contributed by atoms with van der Waals surface area (Å²) in [4.78, 5) is 14.9. The molecule has 1 aromatic rings. The van der Waals surface area contributed by atoms with Crippen molar-refractivity contribution in [2.24, 2.45) is 11.7 Å². The van der Waals surface area contributed by atoms with E-state index in [1.54, 1.807) is 12.1 Å². The largest absolute Gasteiger partial charge is 0.394 e. The Morgan fingerprint density at radius 3 is 2.62 bits per heavy atom. The first-order valence-corrected chi connectivity index (χ1v) is 5.18. The Kier molecular flexibility index (Phi) is 4.25. The average Bonchev–Trinajstić information content (AvgIpc) is 2.26. The smallest absolute Gasteiger partial charge is 0.250 e. The molecular weight excluding hydrogens is 206 g/mol. The average molecular weight is 223 g/mol. The zero-order valence-electron chi connectivity index (χ0n) is 9.47. The predicted molar refractivity (Wildman–Crippen MR) is 62.1 cm³/mol. The molecule has 0 unspecified atom stereocenters. The van der Waals surface area contributed by atoms with Crippen LogP contribution in [-0.2, 0) is 0 Å². The number of hydrogen-bond donors (Lipinski definition) is 3. The van der Waals surface area contributed by atoms with Crippen LogP contribution >= 0.6 is 0 Å². The van der Waals surface area contributed by atoms with Crippen LogP contribution < -0.4 is 11.1 Å². The standard InChI is InChI=1S/C11H17N3O2/c1-7(2)9(6-15)14-10-4-3-8(5-13-10)11(12)16/h3-5,7,9,15H,6H2,1-2H3,(H2,12,16)(H,13,14)/t9-/m1/s1. The molecule has 0 bridgehead atoms. The number of pyridine rings is 1. The molecule has 0 radical (unpaired) electrons. The molecule has 4 N–H and O–H groups in total. The number of aliphatic hydroxyl groups is 1. The number of primary amides is 1. The van der Waals surface area contributed by atoms with Gasteiger partial charge in [0, 0.05) is 6.20 Å². The van der Waals surface area contributed by atoms with E-state index in [-0.39, 0.29) is 12.6 Å². The van der Waals surface area contributed by atoms with Gasteiger partial charge in [0.2, 0.25) is 5.91 Å². The predicted octanol–water partition coefficient (Wildman–Crippen LogP) is 0.609. The lowest BCUT2D eigenvalue weighted by molar-refractivity contribution is 0.1000. The van der Waals surface area contributed by atoms with E-state index in [1.165, 1.54) is 6.20 Å². The number of anilines is 1. The Bertz CT molecular complexity index is 349. The fourth-order valence-electron chi connectivity index (χ4n) is 1.24. The van der Waals surface area contributed by atoms with Crippen molar-refractivity contribution >= 4 is 11.7 Å². The fourth-order valence-corrected chi connectivity index (χ4v) is 1.24. The van der Waals surface area contributed by atoms with Gasteiger partial charge in [-0.15, -0.1) is 0 Å². The van der Waals surface area contributed by atoms with Crippen LogP contribution in [0.15, 0.2) is 18.3 Å². The lowest BCUT2D eigenvalue weighted by Gasteiger charge is -2.20. The van der Waals surface area contributed by atoms with Gasteiger partial charge in [0.15, 0.2) is 0 Å². The Morgan fingerprint density at radius 1 is 1.56 bits per heavy atom. The van der Waals surface area contributed by atoms with Gasteiger partial charge < -0.3 is 16.2 Å². The van der Waals surface area contributed by atoms with Gasteiger partial charge in [0.1, 0.15) is 5.82 Å². The van der Waals surface area contributed by atoms with E-state index in [0.717, 1.165) is 0 Å². The highest BCUT2D eigenvalue weighted by molar-refractivity contribution is 5.92. The number of nitrogens with zero attached hydrogens (tertiary/aromatic N) is 1. The van der Waals surface area contributed by atoms with E-state index in [0.29, 0.717) is 17.3 Å². The zero-order chi connectivity index (χ0) is 12.1. The number of nitrogens with one attached hydrogen (secondary N) is 1. The molecule has 88 valence electrons. The summed E-state index contributed by atoms with van der Waals surface area (Å²) in [6, 6.07) is 3.23. The molecule has 16 heavy (non-hydrogen) atoms. The Hall–Kier alpha value is -1.62. The van der Waals surface area contributed by atoms with Crippen LogP contribution in [0.25, 0.3) is 0 Å². The highest BCUT2D eigenvalue weighted by atomic mass is 16.3. The summed E-state index contributed by atoms with van der Waals surface area (Å²) >= 11 is 0. The second-order valence-electron chi connectivity index (χ2n) is 3.97. The molecule has 1 amide bonds. The van der Waals surface area contributed by atoms with Crippen LogP contribution in [0.1, 0.15) is 24.2 Å². The monoisotopic (exact) mass is 223 g/mol. The first kappa shape index (κ1) is 12.4. The number of rotatable bonds is 5. The molecule has 1 aromatic heterocycles. The summed E-state index contributed by atoms with van der Waals surface area (Å²) in [6.45, 7) is 4.05. The number of hydrogen-bond acceptors (Lipinski definition) is 4. The highest BCUT2D eigenvalue weighted by Gasteiger charge is 2.12. The minimum atomic E-state index is -0.499. The van der Waals surface area contributed by atoms with E-state index < -0.39 is 5.91 Å². The molecule has 0 spiro atoms. The van der Waals surface area contributed by atoms with Crippen LogP contribution in [0, 0.1) is 5.92 Å². The van der Waals surface area contributed by atoms with Gasteiger partial charge in [-0.2, -0.15) is 0 Å². The molecule has 5 heteroatoms. The van der Waals surface area contributed by atoms with Crippen molar-refractivity contribution in [3.05, 3.63) is 23.9 Å². The van der Waals surface area contributed by atoms with Gasteiger partial charge in [-0.25, -0.2) is 4.98 Å². The van der Waals surface area contributed by atoms with Gasteiger partial charge in [-0.1, -0.05) is 13.8 Å². The molecule has 0 saturated heterocycles. The third-order valence-corrected chi connectivity index (χ3v) is 2.38. The van der Waals surface area contributed by atoms with E-state index in [1.807, 2.05) is 13.8 Å². The molecule has 0 aromatic carbocycles. The van der Waals surface area contributed by atoms with Crippen LogP contribution in [0.2, 0.25) is 0 Å². The maximum Gasteiger partial charge on any atom is 0.250 e. The minimum Gasteiger partial charge on any atom is -0.394 e. The zero-order valence-corrected chi connectivity index (χ0v) is 9.47. The minimum absolute atomic E-state index is 0.0386. The number of carbonyl (C=O) groups excluding carboxylic acids is 1. The van der Waals surface area contributed by atoms with Crippen molar-refractivity contribution < 1.29 is 9.90 Å². The van der Waals surface area contributed by atoms with Crippen LogP contribution in [-0.4, -0.2) is 28.6 Å². The molecule has 0 aliphatic rings. The molecule has 1 atom stereocenters. The molecule has 0 saturated carbocycles. The lowest BCUT2D eigenvalue weighted by Crippen LogP contribution is -2.29. The summed E-state index contributed by atoms with van der Waals surface area (Å²) < 4.78 is 0. The molecule has 0 fully saturated rings. The fraction of sp³-hybridized carbons (Fsp3) is 0.455. The van der Waals surface area contributed by atoms with Gasteiger partial charge in [-0.05, 0) is 18.1 Å². The lowest BCUT2D eigenvalue weighted by atomic mass is 10.1. The molecule has 1 rings (SSSR count). The summed E-state index contributed by atoms with van der Waals surface area (Å²) in [7, 11) is 0. The summed E-state index contributed by atoms with van der Waals surface area (Å²) in [5.41, 5.74) is 5.47. The Balaban J connectivity index is 2.71. The summed E-state index contributed by atoms with van der Waals surface area (Å²) in [5, 5.41) is 12.2. The van der Waals surface area contributed by atoms with Crippen molar-refractivity contribution in [2.75, 3.05) is 11.9 Å². The first-order chi connectivity index (χ1) is 7.54. The number of nitrogens with two attached hydrogens (primary N) is 1. The van der Waals surface area contributed by atoms with Crippen molar-refractivity contribution in [1.82, 2.24) is 4.98 Å². The number of carbonyl (C=O) groups is 1. The normalized spacial score (nSPS) is 12.5. The van der Waals surface area contributed by atoms with E-state index in [9.17, 15) is 4.79 Å². The number of aromatic nitrogens is 1. The van der Waals surface area contributed by atoms with Gasteiger partial charge in [-0.3, -0.25) is 4.79 Å². The molecule has 1 heterocycles. The molecular formula is C11H17N3O2. The Labute approximate surface area is 94.7 Å². The van der Waals surface area contributed by atoms with Crippen molar-refractivity contribution in [3.63, 3.8) is 0 Å². The number of aliphatic hydroxyl groups excluding tert-OH is 1. The first-order valence-electron chi connectivity index (χ1n) is 5.18. The molecule has 0 aliphatic heterocycles. The molecule has 0 aliphatic carbocycles. The maximum atomic E-state index is 10.8.